The van der Waals surface area contributed by atoms with Gasteiger partial charge in [0.2, 0.25) is 0 Å². The molecule has 2 atom stereocenters. The quantitative estimate of drug-likeness (QED) is 0.513. The highest BCUT2D eigenvalue weighted by Crippen LogP contribution is 2.28. The zero-order chi connectivity index (χ0) is 14.6. The molecule has 0 saturated heterocycles. The van der Waals surface area contributed by atoms with Gasteiger partial charge < -0.3 is 10.1 Å². The van der Waals surface area contributed by atoms with Crippen molar-refractivity contribution in [2.45, 2.75) is 97.1 Å². The average Bonchev–Trinajstić information content (AvgIpc) is 2.98. The van der Waals surface area contributed by atoms with E-state index in [9.17, 15) is 0 Å². The van der Waals surface area contributed by atoms with E-state index >= 15 is 0 Å². The number of unbranched alkanes of at least 4 members (excludes halogenated alkanes) is 3. The fourth-order valence-corrected chi connectivity index (χ4v) is 3.26. The first-order valence-corrected chi connectivity index (χ1v) is 9.12. The first-order chi connectivity index (χ1) is 9.77. The van der Waals surface area contributed by atoms with Crippen molar-refractivity contribution in [1.82, 2.24) is 5.32 Å². The Bertz CT molecular complexity index is 213. The topological polar surface area (TPSA) is 21.3 Å². The van der Waals surface area contributed by atoms with Gasteiger partial charge >= 0.3 is 0 Å². The van der Waals surface area contributed by atoms with Crippen LogP contribution in [-0.4, -0.2) is 25.3 Å². The Hall–Kier alpha value is -0.0800. The van der Waals surface area contributed by atoms with Crippen molar-refractivity contribution in [3.63, 3.8) is 0 Å². The van der Waals surface area contributed by atoms with Crippen LogP contribution in [0.2, 0.25) is 0 Å². The summed E-state index contributed by atoms with van der Waals surface area (Å²) in [5, 5.41) is 3.72. The van der Waals surface area contributed by atoms with Crippen molar-refractivity contribution in [3.05, 3.63) is 0 Å². The van der Waals surface area contributed by atoms with Crippen LogP contribution in [-0.2, 0) is 4.74 Å². The molecule has 2 heteroatoms. The predicted molar refractivity (Wildman–Crippen MR) is 88.2 cm³/mol. The third-order valence-electron chi connectivity index (χ3n) is 4.65. The summed E-state index contributed by atoms with van der Waals surface area (Å²) in [5.41, 5.74) is 0. The monoisotopic (exact) mass is 283 g/mol. The van der Waals surface area contributed by atoms with Crippen molar-refractivity contribution in [3.8, 4) is 0 Å². The van der Waals surface area contributed by atoms with Crippen LogP contribution in [0.4, 0.5) is 0 Å². The number of nitrogens with one attached hydrogen (secondary N) is 1. The van der Waals surface area contributed by atoms with E-state index in [-0.39, 0.29) is 0 Å². The maximum absolute atomic E-state index is 6.13. The van der Waals surface area contributed by atoms with Gasteiger partial charge in [0, 0.05) is 6.04 Å². The Balaban J connectivity index is 2.18. The average molecular weight is 284 g/mol. The smallest absolute Gasteiger partial charge is 0.0625 e. The first-order valence-electron chi connectivity index (χ1n) is 9.12. The molecule has 20 heavy (non-hydrogen) atoms. The molecule has 1 saturated carbocycles. The lowest BCUT2D eigenvalue weighted by Crippen LogP contribution is -2.40. The van der Waals surface area contributed by atoms with Gasteiger partial charge in [0.15, 0.2) is 0 Å². The molecule has 0 heterocycles. The predicted octanol–water partition coefficient (Wildman–Crippen LogP) is 4.92. The van der Waals surface area contributed by atoms with Crippen molar-refractivity contribution < 1.29 is 4.74 Å². The van der Waals surface area contributed by atoms with Crippen LogP contribution in [0.25, 0.3) is 0 Å². The second-order valence-electron chi connectivity index (χ2n) is 6.60. The van der Waals surface area contributed by atoms with Gasteiger partial charge in [-0.2, -0.15) is 0 Å². The zero-order valence-corrected chi connectivity index (χ0v) is 14.1. The first kappa shape index (κ1) is 18.0. The summed E-state index contributed by atoms with van der Waals surface area (Å²) in [6.07, 6.45) is 13.9. The number of ether oxygens (including phenoxy) is 1. The van der Waals surface area contributed by atoms with Gasteiger partial charge in [-0.05, 0) is 45.1 Å². The van der Waals surface area contributed by atoms with Crippen LogP contribution in [0.1, 0.15) is 85.0 Å². The van der Waals surface area contributed by atoms with Crippen molar-refractivity contribution >= 4 is 0 Å². The van der Waals surface area contributed by atoms with Gasteiger partial charge in [0.05, 0.1) is 12.7 Å². The molecule has 1 rings (SSSR count). The van der Waals surface area contributed by atoms with Gasteiger partial charge in [-0.1, -0.05) is 52.4 Å². The summed E-state index contributed by atoms with van der Waals surface area (Å²) < 4.78 is 6.13. The molecular formula is C18H37NO. The van der Waals surface area contributed by atoms with E-state index in [0.717, 1.165) is 19.1 Å². The summed E-state index contributed by atoms with van der Waals surface area (Å²) >= 11 is 0. The molecule has 0 aromatic rings. The van der Waals surface area contributed by atoms with E-state index < -0.39 is 0 Å². The standard InChI is InChI=1S/C18H37NO/c1-4-6-7-8-11-16(3)20-15-18(19-14-5-2)17-12-9-10-13-17/h16-19H,4-15H2,1-3H3. The Kier molecular flexibility index (Phi) is 10.4. The second kappa shape index (κ2) is 11.6. The maximum atomic E-state index is 6.13. The molecule has 0 amide bonds. The van der Waals surface area contributed by atoms with E-state index in [0.29, 0.717) is 12.1 Å². The fraction of sp³-hybridized carbons (Fsp3) is 1.00. The van der Waals surface area contributed by atoms with Crippen LogP contribution in [0, 0.1) is 5.92 Å². The molecule has 0 aromatic carbocycles. The van der Waals surface area contributed by atoms with Crippen LogP contribution in [0.5, 0.6) is 0 Å². The highest BCUT2D eigenvalue weighted by Gasteiger charge is 2.25. The second-order valence-corrected chi connectivity index (χ2v) is 6.60. The lowest BCUT2D eigenvalue weighted by atomic mass is 9.98. The molecule has 1 aliphatic carbocycles. The minimum Gasteiger partial charge on any atom is -0.377 e. The van der Waals surface area contributed by atoms with Gasteiger partial charge in [0.1, 0.15) is 0 Å². The highest BCUT2D eigenvalue weighted by molar-refractivity contribution is 4.80. The van der Waals surface area contributed by atoms with E-state index in [4.69, 9.17) is 4.74 Å². The normalized spacial score (nSPS) is 19.4. The van der Waals surface area contributed by atoms with E-state index in [1.54, 1.807) is 0 Å². The Morgan fingerprint density at radius 1 is 1.05 bits per heavy atom. The summed E-state index contributed by atoms with van der Waals surface area (Å²) in [6.45, 7) is 8.81. The number of rotatable bonds is 12. The van der Waals surface area contributed by atoms with Crippen molar-refractivity contribution in [2.24, 2.45) is 5.92 Å². The Morgan fingerprint density at radius 3 is 2.45 bits per heavy atom. The molecule has 0 aliphatic heterocycles. The van der Waals surface area contributed by atoms with Crippen LogP contribution < -0.4 is 5.32 Å². The fourth-order valence-electron chi connectivity index (χ4n) is 3.26. The lowest BCUT2D eigenvalue weighted by molar-refractivity contribution is 0.0322. The summed E-state index contributed by atoms with van der Waals surface area (Å²) in [4.78, 5) is 0. The van der Waals surface area contributed by atoms with E-state index in [1.807, 2.05) is 0 Å². The maximum Gasteiger partial charge on any atom is 0.0625 e. The lowest BCUT2D eigenvalue weighted by Gasteiger charge is -2.26. The summed E-state index contributed by atoms with van der Waals surface area (Å²) in [7, 11) is 0. The summed E-state index contributed by atoms with van der Waals surface area (Å²) in [5.74, 6) is 0.855. The number of hydrogen-bond donors (Lipinski definition) is 1. The SMILES string of the molecule is CCCCCCC(C)OCC(NCCC)C1CCCC1. The zero-order valence-electron chi connectivity index (χ0n) is 14.1. The molecular weight excluding hydrogens is 246 g/mol. The Morgan fingerprint density at radius 2 is 1.80 bits per heavy atom. The molecule has 0 spiro atoms. The van der Waals surface area contributed by atoms with E-state index in [1.165, 1.54) is 64.2 Å². The van der Waals surface area contributed by atoms with Crippen LogP contribution in [0.3, 0.4) is 0 Å². The molecule has 1 fully saturated rings. The number of hydrogen-bond acceptors (Lipinski definition) is 2. The molecule has 2 unspecified atom stereocenters. The van der Waals surface area contributed by atoms with Crippen LogP contribution >= 0.6 is 0 Å². The molecule has 1 N–H and O–H groups in total. The molecule has 1 aliphatic rings. The summed E-state index contributed by atoms with van der Waals surface area (Å²) in [6, 6.07) is 0.593. The molecule has 0 radical (unpaired) electrons. The van der Waals surface area contributed by atoms with Crippen LogP contribution in [0.15, 0.2) is 0 Å². The van der Waals surface area contributed by atoms with E-state index in [2.05, 4.69) is 26.1 Å². The van der Waals surface area contributed by atoms with Gasteiger partial charge in [-0.25, -0.2) is 0 Å². The van der Waals surface area contributed by atoms with Crippen molar-refractivity contribution in [2.75, 3.05) is 13.2 Å². The van der Waals surface area contributed by atoms with Crippen molar-refractivity contribution in [1.29, 1.82) is 0 Å². The molecule has 0 aromatic heterocycles. The third-order valence-corrected chi connectivity index (χ3v) is 4.65. The van der Waals surface area contributed by atoms with Gasteiger partial charge in [-0.3, -0.25) is 0 Å². The minimum atomic E-state index is 0.430. The Labute approximate surface area is 127 Å². The van der Waals surface area contributed by atoms with Gasteiger partial charge in [0.25, 0.3) is 0 Å². The largest absolute Gasteiger partial charge is 0.377 e. The highest BCUT2D eigenvalue weighted by atomic mass is 16.5. The third kappa shape index (κ3) is 7.64. The molecule has 0 bridgehead atoms. The van der Waals surface area contributed by atoms with Gasteiger partial charge in [-0.15, -0.1) is 0 Å². The molecule has 120 valence electrons. The molecule has 2 nitrogen and oxygen atoms in total. The minimum absolute atomic E-state index is 0.430.